The number of aliphatic imine (C=N–C) groups is 1. The fourth-order valence-corrected chi connectivity index (χ4v) is 2.18. The molecule has 0 radical (unpaired) electrons. The second-order valence-corrected chi connectivity index (χ2v) is 4.53. The van der Waals surface area contributed by atoms with Gasteiger partial charge in [-0.25, -0.2) is 0 Å². The molecule has 1 aromatic heterocycles. The van der Waals surface area contributed by atoms with Gasteiger partial charge in [-0.1, -0.05) is 12.6 Å². The van der Waals surface area contributed by atoms with Gasteiger partial charge in [0.15, 0.2) is 0 Å². The SMILES string of the molecule is C=C1CNC(C2=NCC(c3ccccn3)=C2)C(=O)N1. The van der Waals surface area contributed by atoms with E-state index in [9.17, 15) is 4.79 Å². The van der Waals surface area contributed by atoms with E-state index in [0.717, 1.165) is 17.0 Å². The van der Waals surface area contributed by atoms with Crippen molar-refractivity contribution >= 4 is 17.2 Å². The van der Waals surface area contributed by atoms with Crippen molar-refractivity contribution in [2.24, 2.45) is 4.99 Å². The van der Waals surface area contributed by atoms with E-state index in [4.69, 9.17) is 0 Å². The molecule has 2 N–H and O–H groups in total. The zero-order valence-electron chi connectivity index (χ0n) is 10.4. The summed E-state index contributed by atoms with van der Waals surface area (Å²) in [6.07, 6.45) is 3.69. The minimum atomic E-state index is -0.397. The molecule has 1 fully saturated rings. The van der Waals surface area contributed by atoms with Gasteiger partial charge in [0.05, 0.1) is 18.0 Å². The topological polar surface area (TPSA) is 66.4 Å². The molecule has 19 heavy (non-hydrogen) atoms. The summed E-state index contributed by atoms with van der Waals surface area (Å²) in [5.74, 6) is -0.103. The summed E-state index contributed by atoms with van der Waals surface area (Å²) in [5, 5.41) is 5.86. The fourth-order valence-electron chi connectivity index (χ4n) is 2.18. The van der Waals surface area contributed by atoms with E-state index >= 15 is 0 Å². The number of nitrogens with zero attached hydrogens (tertiary/aromatic N) is 2. The van der Waals surface area contributed by atoms with Crippen LogP contribution in [0.2, 0.25) is 0 Å². The smallest absolute Gasteiger partial charge is 0.247 e. The number of carbonyl (C=O) groups excluding carboxylic acids is 1. The van der Waals surface area contributed by atoms with Crippen LogP contribution in [0.1, 0.15) is 5.69 Å². The molecule has 5 nitrogen and oxygen atoms in total. The summed E-state index contributed by atoms with van der Waals surface area (Å²) in [5.41, 5.74) is 3.39. The number of nitrogens with one attached hydrogen (secondary N) is 2. The first-order valence-electron chi connectivity index (χ1n) is 6.12. The lowest BCUT2D eigenvalue weighted by atomic mass is 10.1. The van der Waals surface area contributed by atoms with E-state index in [2.05, 4.69) is 27.2 Å². The van der Waals surface area contributed by atoms with Gasteiger partial charge >= 0.3 is 0 Å². The summed E-state index contributed by atoms with van der Waals surface area (Å²) in [6, 6.07) is 5.37. The lowest BCUT2D eigenvalue weighted by Gasteiger charge is -2.24. The Morgan fingerprint density at radius 3 is 3.00 bits per heavy atom. The summed E-state index contributed by atoms with van der Waals surface area (Å²) < 4.78 is 0. The highest BCUT2D eigenvalue weighted by Crippen LogP contribution is 2.18. The Balaban J connectivity index is 1.79. The predicted molar refractivity (Wildman–Crippen MR) is 73.6 cm³/mol. The normalized spacial score (nSPS) is 22.8. The number of rotatable bonds is 2. The third kappa shape index (κ3) is 2.32. The molecule has 0 bridgehead atoms. The fraction of sp³-hybridized carbons (Fsp3) is 0.214. The monoisotopic (exact) mass is 254 g/mol. The standard InChI is InChI=1S/C14H14N4O/c1-9-7-17-13(14(19)18-9)12-6-10(8-16-12)11-4-2-3-5-15-11/h2-6,13,17H,1,7-8H2,(H,18,19). The number of hydrogen-bond acceptors (Lipinski definition) is 4. The van der Waals surface area contributed by atoms with Crippen molar-refractivity contribution in [1.82, 2.24) is 15.6 Å². The van der Waals surface area contributed by atoms with E-state index in [1.54, 1.807) is 6.20 Å². The Morgan fingerprint density at radius 2 is 2.26 bits per heavy atom. The van der Waals surface area contributed by atoms with Crippen LogP contribution in [0.25, 0.3) is 5.57 Å². The molecule has 5 heteroatoms. The van der Waals surface area contributed by atoms with Crippen LogP contribution >= 0.6 is 0 Å². The molecule has 3 heterocycles. The van der Waals surface area contributed by atoms with Crippen LogP contribution in [0.4, 0.5) is 0 Å². The molecule has 0 aliphatic carbocycles. The van der Waals surface area contributed by atoms with Gasteiger partial charge in [0.1, 0.15) is 6.04 Å². The van der Waals surface area contributed by atoms with E-state index in [1.807, 2.05) is 24.3 Å². The van der Waals surface area contributed by atoms with E-state index in [0.29, 0.717) is 18.8 Å². The number of carbonyl (C=O) groups is 1. The van der Waals surface area contributed by atoms with Crippen molar-refractivity contribution in [2.75, 3.05) is 13.1 Å². The lowest BCUT2D eigenvalue weighted by Crippen LogP contribution is -2.54. The van der Waals surface area contributed by atoms with Crippen LogP contribution in [-0.2, 0) is 4.79 Å². The predicted octanol–water partition coefficient (Wildman–Crippen LogP) is 0.521. The summed E-state index contributed by atoms with van der Waals surface area (Å²) in [4.78, 5) is 20.6. The number of piperazine rings is 1. The minimum absolute atomic E-state index is 0.103. The van der Waals surface area contributed by atoms with Crippen LogP contribution in [0.15, 0.2) is 47.7 Å². The molecule has 1 atom stereocenters. The first kappa shape index (κ1) is 11.8. The van der Waals surface area contributed by atoms with Crippen LogP contribution in [0.5, 0.6) is 0 Å². The number of pyridine rings is 1. The molecular formula is C14H14N4O. The number of aromatic nitrogens is 1. The van der Waals surface area contributed by atoms with Crippen molar-refractivity contribution in [3.05, 3.63) is 48.4 Å². The first-order valence-corrected chi connectivity index (χ1v) is 6.12. The maximum absolute atomic E-state index is 11.9. The van der Waals surface area contributed by atoms with Crippen molar-refractivity contribution in [3.8, 4) is 0 Å². The Morgan fingerprint density at radius 1 is 1.37 bits per heavy atom. The molecule has 1 unspecified atom stereocenters. The van der Waals surface area contributed by atoms with Gasteiger partial charge in [0.2, 0.25) is 5.91 Å². The maximum atomic E-state index is 11.9. The highest BCUT2D eigenvalue weighted by Gasteiger charge is 2.29. The molecule has 96 valence electrons. The van der Waals surface area contributed by atoms with Crippen molar-refractivity contribution in [1.29, 1.82) is 0 Å². The van der Waals surface area contributed by atoms with Gasteiger partial charge in [-0.2, -0.15) is 0 Å². The van der Waals surface area contributed by atoms with E-state index in [1.165, 1.54) is 0 Å². The second-order valence-electron chi connectivity index (χ2n) is 4.53. The average Bonchev–Trinajstić information content (AvgIpc) is 2.89. The third-order valence-corrected chi connectivity index (χ3v) is 3.13. The Bertz CT molecular complexity index is 589. The average molecular weight is 254 g/mol. The lowest BCUT2D eigenvalue weighted by molar-refractivity contribution is -0.121. The van der Waals surface area contributed by atoms with E-state index in [-0.39, 0.29) is 5.91 Å². The highest BCUT2D eigenvalue weighted by atomic mass is 16.2. The Hall–Kier alpha value is -2.27. The largest absolute Gasteiger partial charge is 0.327 e. The van der Waals surface area contributed by atoms with Gasteiger partial charge in [-0.05, 0) is 18.2 Å². The zero-order valence-corrected chi connectivity index (χ0v) is 10.4. The van der Waals surface area contributed by atoms with Crippen molar-refractivity contribution in [3.63, 3.8) is 0 Å². The van der Waals surface area contributed by atoms with Gasteiger partial charge in [0.25, 0.3) is 0 Å². The second kappa shape index (κ2) is 4.78. The van der Waals surface area contributed by atoms with Gasteiger partial charge < -0.3 is 5.32 Å². The maximum Gasteiger partial charge on any atom is 0.247 e. The van der Waals surface area contributed by atoms with Crippen LogP contribution in [0.3, 0.4) is 0 Å². The summed E-state index contributed by atoms with van der Waals surface area (Å²) in [6.45, 7) is 4.87. The highest BCUT2D eigenvalue weighted by molar-refractivity contribution is 6.18. The zero-order chi connectivity index (χ0) is 13.2. The molecule has 2 aliphatic heterocycles. The van der Waals surface area contributed by atoms with E-state index < -0.39 is 6.04 Å². The molecule has 1 amide bonds. The number of amides is 1. The van der Waals surface area contributed by atoms with Gasteiger partial charge in [-0.3, -0.25) is 20.1 Å². The van der Waals surface area contributed by atoms with Crippen LogP contribution < -0.4 is 10.6 Å². The molecule has 1 saturated heterocycles. The molecule has 0 saturated carbocycles. The molecular weight excluding hydrogens is 240 g/mol. The molecule has 1 aromatic rings. The van der Waals surface area contributed by atoms with Crippen LogP contribution in [0, 0.1) is 0 Å². The van der Waals surface area contributed by atoms with Gasteiger partial charge in [0, 0.05) is 24.0 Å². The Kier molecular flexibility index (Phi) is 2.97. The molecule has 0 spiro atoms. The Labute approximate surface area is 111 Å². The number of hydrogen-bond donors (Lipinski definition) is 2. The minimum Gasteiger partial charge on any atom is -0.327 e. The van der Waals surface area contributed by atoms with Crippen LogP contribution in [-0.4, -0.2) is 35.7 Å². The molecule has 3 rings (SSSR count). The summed E-state index contributed by atoms with van der Waals surface area (Å²) in [7, 11) is 0. The molecule has 0 aromatic carbocycles. The summed E-state index contributed by atoms with van der Waals surface area (Å²) >= 11 is 0. The first-order chi connectivity index (χ1) is 9.24. The van der Waals surface area contributed by atoms with Gasteiger partial charge in [-0.15, -0.1) is 0 Å². The quantitative estimate of drug-likeness (QED) is 0.808. The third-order valence-electron chi connectivity index (χ3n) is 3.13. The molecule has 2 aliphatic rings. The van der Waals surface area contributed by atoms with Crippen molar-refractivity contribution in [2.45, 2.75) is 6.04 Å². The van der Waals surface area contributed by atoms with Crippen molar-refractivity contribution < 1.29 is 4.79 Å².